The van der Waals surface area contributed by atoms with Crippen molar-refractivity contribution in [3.8, 4) is 0 Å². The number of hydrogen-bond donors (Lipinski definition) is 3. The van der Waals surface area contributed by atoms with Crippen LogP contribution >= 0.6 is 0 Å². The van der Waals surface area contributed by atoms with Crippen molar-refractivity contribution in [2.45, 2.75) is 13.2 Å². The minimum Gasteiger partial charge on any atom is -0.327 e. The lowest BCUT2D eigenvalue weighted by Gasteiger charge is -2.09. The monoisotopic (exact) mass is 203 g/mol. The fourth-order valence-corrected chi connectivity index (χ4v) is 1.45. The van der Waals surface area contributed by atoms with E-state index in [1.54, 1.807) is 0 Å². The lowest BCUT2D eigenvalue weighted by atomic mass is 10.2. The number of rotatable bonds is 2. The number of benzene rings is 1. The zero-order valence-corrected chi connectivity index (χ0v) is 8.44. The first-order valence-corrected chi connectivity index (χ1v) is 4.68. The van der Waals surface area contributed by atoms with E-state index in [4.69, 9.17) is 11.5 Å². The van der Waals surface area contributed by atoms with Crippen molar-refractivity contribution in [3.63, 3.8) is 0 Å². The standard InChI is InChI=1S/C10H13N5/c1-6-7-4-2-3-5-8(7)14-10(13-6)15-9(11)12/h2-5,9H,11-12H2,1H3,(H,13,14,15). The number of aryl methyl sites for hydroxylation is 1. The third-order valence-electron chi connectivity index (χ3n) is 2.09. The summed E-state index contributed by atoms with van der Waals surface area (Å²) in [6.07, 6.45) is -0.648. The van der Waals surface area contributed by atoms with Crippen LogP contribution in [0.4, 0.5) is 5.95 Å². The smallest absolute Gasteiger partial charge is 0.225 e. The maximum atomic E-state index is 5.41. The normalized spacial score (nSPS) is 10.9. The van der Waals surface area contributed by atoms with Gasteiger partial charge in [0.1, 0.15) is 6.29 Å². The number of nitrogens with zero attached hydrogens (tertiary/aromatic N) is 2. The predicted molar refractivity (Wildman–Crippen MR) is 60.1 cm³/mol. The topological polar surface area (TPSA) is 89.8 Å². The van der Waals surface area contributed by atoms with Crippen molar-refractivity contribution in [2.75, 3.05) is 5.32 Å². The van der Waals surface area contributed by atoms with Crippen LogP contribution < -0.4 is 16.8 Å². The third-order valence-corrected chi connectivity index (χ3v) is 2.09. The second-order valence-electron chi connectivity index (χ2n) is 3.32. The van der Waals surface area contributed by atoms with Gasteiger partial charge in [-0.3, -0.25) is 11.5 Å². The van der Waals surface area contributed by atoms with E-state index in [9.17, 15) is 0 Å². The Labute approximate surface area is 87.5 Å². The van der Waals surface area contributed by atoms with Gasteiger partial charge in [0.15, 0.2) is 0 Å². The van der Waals surface area contributed by atoms with E-state index in [1.165, 1.54) is 0 Å². The van der Waals surface area contributed by atoms with E-state index in [0.29, 0.717) is 5.95 Å². The Morgan fingerprint density at radius 2 is 1.93 bits per heavy atom. The molecular weight excluding hydrogens is 190 g/mol. The first-order chi connectivity index (χ1) is 7.16. The van der Waals surface area contributed by atoms with Crippen LogP contribution in [0, 0.1) is 6.92 Å². The molecule has 1 aromatic carbocycles. The van der Waals surface area contributed by atoms with Gasteiger partial charge in [-0.1, -0.05) is 18.2 Å². The molecule has 0 aliphatic carbocycles. The highest BCUT2D eigenvalue weighted by Gasteiger charge is 2.04. The molecule has 78 valence electrons. The van der Waals surface area contributed by atoms with Gasteiger partial charge < -0.3 is 5.32 Å². The largest absolute Gasteiger partial charge is 0.327 e. The van der Waals surface area contributed by atoms with Gasteiger partial charge in [0.05, 0.1) is 11.2 Å². The van der Waals surface area contributed by atoms with Gasteiger partial charge in [-0.15, -0.1) is 0 Å². The maximum absolute atomic E-state index is 5.41. The molecule has 5 nitrogen and oxygen atoms in total. The van der Waals surface area contributed by atoms with Gasteiger partial charge >= 0.3 is 0 Å². The minimum atomic E-state index is -0.648. The molecule has 0 saturated carbocycles. The fraction of sp³-hybridized carbons (Fsp3) is 0.200. The highest BCUT2D eigenvalue weighted by molar-refractivity contribution is 5.81. The molecule has 15 heavy (non-hydrogen) atoms. The summed E-state index contributed by atoms with van der Waals surface area (Å²) in [5.41, 5.74) is 12.6. The van der Waals surface area contributed by atoms with Crippen LogP contribution in [0.25, 0.3) is 10.9 Å². The number of fused-ring (bicyclic) bond motifs is 1. The zero-order chi connectivity index (χ0) is 10.8. The molecular formula is C10H13N5. The zero-order valence-electron chi connectivity index (χ0n) is 8.44. The second kappa shape index (κ2) is 3.80. The quantitative estimate of drug-likeness (QED) is 0.620. The number of para-hydroxylation sites is 1. The predicted octanol–water partition coefficient (Wildman–Crippen LogP) is 0.551. The maximum Gasteiger partial charge on any atom is 0.225 e. The van der Waals surface area contributed by atoms with Crippen molar-refractivity contribution in [2.24, 2.45) is 11.5 Å². The highest BCUT2D eigenvalue weighted by atomic mass is 15.2. The van der Waals surface area contributed by atoms with E-state index in [-0.39, 0.29) is 0 Å². The SMILES string of the molecule is Cc1nc(NC(N)N)nc2ccccc12. The molecule has 0 unspecified atom stereocenters. The number of hydrogen-bond acceptors (Lipinski definition) is 5. The molecule has 0 aliphatic heterocycles. The summed E-state index contributed by atoms with van der Waals surface area (Å²) in [5.74, 6) is 0.459. The average Bonchev–Trinajstić information content (AvgIpc) is 2.16. The molecule has 5 N–H and O–H groups in total. The molecule has 0 amide bonds. The van der Waals surface area contributed by atoms with Crippen LogP contribution in [0.3, 0.4) is 0 Å². The molecule has 0 atom stereocenters. The Morgan fingerprint density at radius 3 is 2.67 bits per heavy atom. The van der Waals surface area contributed by atoms with Gasteiger partial charge in [0.2, 0.25) is 5.95 Å². The van der Waals surface area contributed by atoms with Crippen LogP contribution in [0.5, 0.6) is 0 Å². The van der Waals surface area contributed by atoms with Gasteiger partial charge in [0, 0.05) is 5.39 Å². The Kier molecular flexibility index (Phi) is 2.49. The van der Waals surface area contributed by atoms with E-state index < -0.39 is 6.29 Å². The first-order valence-electron chi connectivity index (χ1n) is 4.68. The lowest BCUT2D eigenvalue weighted by molar-refractivity contribution is 0.792. The summed E-state index contributed by atoms with van der Waals surface area (Å²) in [4.78, 5) is 8.55. The Hall–Kier alpha value is -1.72. The summed E-state index contributed by atoms with van der Waals surface area (Å²) in [5, 5.41) is 3.81. The summed E-state index contributed by atoms with van der Waals surface area (Å²) in [6, 6.07) is 7.80. The Bertz CT molecular complexity index is 480. The molecule has 1 aromatic heterocycles. The minimum absolute atomic E-state index is 0.459. The summed E-state index contributed by atoms with van der Waals surface area (Å²) >= 11 is 0. The summed E-state index contributed by atoms with van der Waals surface area (Å²) < 4.78 is 0. The molecule has 2 aromatic rings. The second-order valence-corrected chi connectivity index (χ2v) is 3.32. The van der Waals surface area contributed by atoms with Gasteiger partial charge in [-0.2, -0.15) is 0 Å². The Balaban J connectivity index is 2.52. The van der Waals surface area contributed by atoms with Crippen LogP contribution in [-0.2, 0) is 0 Å². The Morgan fingerprint density at radius 1 is 1.20 bits per heavy atom. The number of nitrogens with two attached hydrogens (primary N) is 2. The summed E-state index contributed by atoms with van der Waals surface area (Å²) in [6.45, 7) is 1.93. The molecule has 0 radical (unpaired) electrons. The molecule has 0 aliphatic rings. The third kappa shape index (κ3) is 2.03. The number of aromatic nitrogens is 2. The van der Waals surface area contributed by atoms with Gasteiger partial charge in [-0.25, -0.2) is 9.97 Å². The molecule has 0 bridgehead atoms. The van der Waals surface area contributed by atoms with Crippen LogP contribution in [0.15, 0.2) is 24.3 Å². The summed E-state index contributed by atoms with van der Waals surface area (Å²) in [7, 11) is 0. The molecule has 0 fully saturated rings. The van der Waals surface area contributed by atoms with Crippen molar-refractivity contribution < 1.29 is 0 Å². The van der Waals surface area contributed by atoms with E-state index in [2.05, 4.69) is 15.3 Å². The highest BCUT2D eigenvalue weighted by Crippen LogP contribution is 2.16. The van der Waals surface area contributed by atoms with Crippen LogP contribution in [0.2, 0.25) is 0 Å². The van der Waals surface area contributed by atoms with E-state index in [0.717, 1.165) is 16.6 Å². The lowest BCUT2D eigenvalue weighted by Crippen LogP contribution is -2.39. The first kappa shape index (κ1) is 9.82. The number of nitrogens with one attached hydrogen (secondary N) is 1. The van der Waals surface area contributed by atoms with E-state index >= 15 is 0 Å². The number of anilines is 1. The van der Waals surface area contributed by atoms with Crippen molar-refractivity contribution in [3.05, 3.63) is 30.0 Å². The average molecular weight is 203 g/mol. The van der Waals surface area contributed by atoms with Crippen molar-refractivity contribution in [1.82, 2.24) is 9.97 Å². The molecule has 1 heterocycles. The van der Waals surface area contributed by atoms with Crippen LogP contribution in [0.1, 0.15) is 5.69 Å². The molecule has 0 spiro atoms. The van der Waals surface area contributed by atoms with Gasteiger partial charge in [-0.05, 0) is 13.0 Å². The van der Waals surface area contributed by atoms with Crippen LogP contribution in [-0.4, -0.2) is 16.3 Å². The van der Waals surface area contributed by atoms with E-state index in [1.807, 2.05) is 31.2 Å². The molecule has 5 heteroatoms. The molecule has 2 rings (SSSR count). The fourth-order valence-electron chi connectivity index (χ4n) is 1.45. The van der Waals surface area contributed by atoms with Gasteiger partial charge in [0.25, 0.3) is 0 Å². The molecule has 0 saturated heterocycles. The van der Waals surface area contributed by atoms with Crippen molar-refractivity contribution >= 4 is 16.9 Å². The van der Waals surface area contributed by atoms with Crippen molar-refractivity contribution in [1.29, 1.82) is 0 Å².